The van der Waals surface area contributed by atoms with Crippen molar-refractivity contribution >= 4 is 21.5 Å². The first-order valence-corrected chi connectivity index (χ1v) is 15.3. The Bertz CT molecular complexity index is 1830. The summed E-state index contributed by atoms with van der Waals surface area (Å²) in [6.45, 7) is 3.35. The summed E-state index contributed by atoms with van der Waals surface area (Å²) in [5.41, 5.74) is 6.87. The summed E-state index contributed by atoms with van der Waals surface area (Å²) in [6.07, 6.45) is 7.69. The topological polar surface area (TPSA) is 81.4 Å². The fourth-order valence-electron chi connectivity index (χ4n) is 7.15. The van der Waals surface area contributed by atoms with E-state index in [1.165, 1.54) is 51.1 Å². The number of nitrogens with one attached hydrogen (secondary N) is 4. The standard InChI is InChI=1S/C36H34N6/c1-20-10-31(37-17-20)35-38-18-33(41-35)27-8-6-23-11-21(2-4-25(23)13-27)22-3-5-26-14-28(9-7-24(26)12-22)34-19-39-36(42-34)32-16-29-15-30(29)40-32/h2-9,11-14,18-20,29-32,37,40H,10,15-17H2,1H3,(H,38,41)(H,39,42)/t20-,29-,30?,31+,32+/m1/s1. The van der Waals surface area contributed by atoms with Gasteiger partial charge < -0.3 is 20.6 Å². The largest absolute Gasteiger partial charge is 0.347 e. The summed E-state index contributed by atoms with van der Waals surface area (Å²) >= 11 is 0. The third-order valence-electron chi connectivity index (χ3n) is 9.70. The number of nitrogens with zero attached hydrogens (tertiary/aromatic N) is 2. The number of piperidine rings is 1. The van der Waals surface area contributed by atoms with E-state index in [1.54, 1.807) is 0 Å². The maximum Gasteiger partial charge on any atom is 0.124 e. The number of fused-ring (bicyclic) bond motifs is 3. The minimum atomic E-state index is 0.327. The fraction of sp³-hybridized carbons (Fsp3) is 0.278. The third-order valence-corrected chi connectivity index (χ3v) is 9.70. The maximum absolute atomic E-state index is 4.92. The van der Waals surface area contributed by atoms with Gasteiger partial charge in [0.15, 0.2) is 0 Å². The zero-order chi connectivity index (χ0) is 27.8. The Balaban J connectivity index is 0.959. The van der Waals surface area contributed by atoms with Crippen LogP contribution in [0, 0.1) is 11.8 Å². The van der Waals surface area contributed by atoms with Crippen molar-refractivity contribution < 1.29 is 0 Å². The number of hydrogen-bond acceptors (Lipinski definition) is 4. The van der Waals surface area contributed by atoms with Gasteiger partial charge in [-0.05, 0) is 94.6 Å². The number of imidazole rings is 2. The molecular formula is C36H34N6. The molecule has 2 saturated heterocycles. The molecule has 4 N–H and O–H groups in total. The number of H-pyrrole nitrogens is 2. The van der Waals surface area contributed by atoms with Gasteiger partial charge in [0.25, 0.3) is 0 Å². The van der Waals surface area contributed by atoms with Crippen LogP contribution >= 0.6 is 0 Å². The van der Waals surface area contributed by atoms with Crippen LogP contribution in [-0.2, 0) is 0 Å². The molecule has 3 fully saturated rings. The molecule has 6 aromatic rings. The van der Waals surface area contributed by atoms with Crippen LogP contribution in [-0.4, -0.2) is 32.5 Å². The molecule has 1 aliphatic carbocycles. The molecule has 0 spiro atoms. The molecule has 0 bridgehead atoms. The average molecular weight is 551 g/mol. The predicted octanol–water partition coefficient (Wildman–Crippen LogP) is 7.53. The van der Waals surface area contributed by atoms with Crippen LogP contribution in [0.25, 0.3) is 55.2 Å². The van der Waals surface area contributed by atoms with Gasteiger partial charge in [0.1, 0.15) is 11.6 Å². The summed E-state index contributed by atoms with van der Waals surface area (Å²) in [4.78, 5) is 16.6. The van der Waals surface area contributed by atoms with Crippen LogP contribution in [0.2, 0.25) is 0 Å². The van der Waals surface area contributed by atoms with Crippen molar-refractivity contribution in [2.24, 2.45) is 11.8 Å². The Morgan fingerprint density at radius 2 is 1.36 bits per heavy atom. The van der Waals surface area contributed by atoms with Gasteiger partial charge in [0.2, 0.25) is 0 Å². The highest BCUT2D eigenvalue weighted by Crippen LogP contribution is 2.45. The molecule has 9 rings (SSSR count). The van der Waals surface area contributed by atoms with Crippen LogP contribution in [0.3, 0.4) is 0 Å². The molecule has 1 saturated carbocycles. The molecule has 3 aliphatic rings. The number of benzene rings is 4. The van der Waals surface area contributed by atoms with Crippen molar-refractivity contribution in [2.75, 3.05) is 6.54 Å². The smallest absolute Gasteiger partial charge is 0.124 e. The van der Waals surface area contributed by atoms with Gasteiger partial charge in [0.05, 0.1) is 29.7 Å². The van der Waals surface area contributed by atoms with E-state index in [1.807, 2.05) is 12.4 Å². The molecule has 6 nitrogen and oxygen atoms in total. The summed E-state index contributed by atoms with van der Waals surface area (Å²) in [5.74, 6) is 3.66. The average Bonchev–Trinajstić information content (AvgIpc) is 3.59. The Morgan fingerprint density at radius 1 is 0.690 bits per heavy atom. The zero-order valence-electron chi connectivity index (χ0n) is 23.7. The first-order chi connectivity index (χ1) is 20.6. The minimum Gasteiger partial charge on any atom is -0.347 e. The van der Waals surface area contributed by atoms with E-state index < -0.39 is 0 Å². The molecule has 2 aliphatic heterocycles. The lowest BCUT2D eigenvalue weighted by Crippen LogP contribution is -2.18. The van der Waals surface area contributed by atoms with E-state index >= 15 is 0 Å². The maximum atomic E-state index is 4.92. The Kier molecular flexibility index (Phi) is 5.44. The number of hydrogen-bond donors (Lipinski definition) is 4. The van der Waals surface area contributed by atoms with Crippen molar-refractivity contribution in [3.05, 3.63) is 96.8 Å². The zero-order valence-corrected chi connectivity index (χ0v) is 23.7. The Labute approximate surface area is 245 Å². The molecule has 4 heterocycles. The molecule has 0 amide bonds. The quantitative estimate of drug-likeness (QED) is 0.179. The van der Waals surface area contributed by atoms with Crippen molar-refractivity contribution in [3.8, 4) is 33.6 Å². The number of aromatic amines is 2. The van der Waals surface area contributed by atoms with Crippen LogP contribution in [0.4, 0.5) is 0 Å². The van der Waals surface area contributed by atoms with Crippen molar-refractivity contribution in [3.63, 3.8) is 0 Å². The SMILES string of the molecule is C[C@H]1CN[C@H](c2nc(-c3ccc4cc(-c5ccc6cc(-c7cnc([C@@H]8C[C@H]9CC9N8)[nH]7)ccc6c5)ccc4c3)c[nH]2)C1. The lowest BCUT2D eigenvalue weighted by molar-refractivity contribution is 0.543. The highest BCUT2D eigenvalue weighted by Gasteiger charge is 2.46. The predicted molar refractivity (Wildman–Crippen MR) is 169 cm³/mol. The number of rotatable bonds is 5. The minimum absolute atomic E-state index is 0.327. The van der Waals surface area contributed by atoms with Gasteiger partial charge in [-0.15, -0.1) is 0 Å². The van der Waals surface area contributed by atoms with E-state index in [0.29, 0.717) is 18.0 Å². The van der Waals surface area contributed by atoms with Gasteiger partial charge >= 0.3 is 0 Å². The summed E-state index contributed by atoms with van der Waals surface area (Å²) < 4.78 is 0. The first kappa shape index (κ1) is 24.3. The second-order valence-electron chi connectivity index (χ2n) is 12.8. The molecule has 6 heteroatoms. The van der Waals surface area contributed by atoms with Gasteiger partial charge in [-0.25, -0.2) is 9.97 Å². The fourth-order valence-corrected chi connectivity index (χ4v) is 7.15. The lowest BCUT2D eigenvalue weighted by atomic mass is 9.97. The van der Waals surface area contributed by atoms with Crippen molar-refractivity contribution in [1.29, 1.82) is 0 Å². The lowest BCUT2D eigenvalue weighted by Gasteiger charge is -2.10. The Morgan fingerprint density at radius 3 is 2.02 bits per heavy atom. The van der Waals surface area contributed by atoms with E-state index in [0.717, 1.165) is 53.5 Å². The molecule has 1 unspecified atom stereocenters. The third kappa shape index (κ3) is 4.25. The van der Waals surface area contributed by atoms with Crippen LogP contribution in [0.5, 0.6) is 0 Å². The normalized spacial score (nSPS) is 24.9. The molecule has 2 aromatic heterocycles. The van der Waals surface area contributed by atoms with Crippen molar-refractivity contribution in [2.45, 2.75) is 44.3 Å². The molecule has 208 valence electrons. The summed E-state index contributed by atoms with van der Waals surface area (Å²) in [7, 11) is 0. The van der Waals surface area contributed by atoms with Crippen LogP contribution < -0.4 is 10.6 Å². The molecule has 5 atom stereocenters. The van der Waals surface area contributed by atoms with Gasteiger partial charge in [0, 0.05) is 23.4 Å². The molecule has 0 radical (unpaired) electrons. The van der Waals surface area contributed by atoms with E-state index in [-0.39, 0.29) is 0 Å². The van der Waals surface area contributed by atoms with Crippen LogP contribution in [0.15, 0.2) is 85.2 Å². The van der Waals surface area contributed by atoms with Crippen LogP contribution in [0.1, 0.15) is 49.9 Å². The van der Waals surface area contributed by atoms with Gasteiger partial charge in [-0.2, -0.15) is 0 Å². The Hall–Kier alpha value is -4.26. The number of aromatic nitrogens is 4. The monoisotopic (exact) mass is 550 g/mol. The second-order valence-corrected chi connectivity index (χ2v) is 12.8. The summed E-state index contributed by atoms with van der Waals surface area (Å²) in [6, 6.07) is 28.3. The van der Waals surface area contributed by atoms with Gasteiger partial charge in [-0.3, -0.25) is 0 Å². The van der Waals surface area contributed by atoms with Crippen molar-refractivity contribution in [1.82, 2.24) is 30.6 Å². The molecule has 42 heavy (non-hydrogen) atoms. The molecule has 4 aromatic carbocycles. The first-order valence-electron chi connectivity index (χ1n) is 15.3. The second kappa shape index (κ2) is 9.38. The highest BCUT2D eigenvalue weighted by molar-refractivity contribution is 5.94. The van der Waals surface area contributed by atoms with E-state index in [4.69, 9.17) is 9.97 Å². The van der Waals surface area contributed by atoms with E-state index in [9.17, 15) is 0 Å². The summed E-state index contributed by atoms with van der Waals surface area (Å²) in [5, 5.41) is 12.2. The molecular weight excluding hydrogens is 516 g/mol. The van der Waals surface area contributed by atoms with E-state index in [2.05, 4.69) is 100 Å². The van der Waals surface area contributed by atoms with Gasteiger partial charge in [-0.1, -0.05) is 55.5 Å². The highest BCUT2D eigenvalue weighted by atomic mass is 15.1.